The number of thiophene rings is 1. The van der Waals surface area contributed by atoms with Crippen molar-refractivity contribution in [3.8, 4) is 16.5 Å². The van der Waals surface area contributed by atoms with Crippen molar-refractivity contribution in [3.05, 3.63) is 68.1 Å². The molecule has 2 nitrogen and oxygen atoms in total. The lowest BCUT2D eigenvalue weighted by molar-refractivity contribution is 0.891. The molecule has 0 N–H and O–H groups in total. The van der Waals surface area contributed by atoms with E-state index in [1.807, 2.05) is 18.2 Å². The van der Waals surface area contributed by atoms with Gasteiger partial charge in [-0.25, -0.2) is 4.98 Å². The van der Waals surface area contributed by atoms with E-state index < -0.39 is 0 Å². The van der Waals surface area contributed by atoms with Crippen LogP contribution < -0.4 is 0 Å². The van der Waals surface area contributed by atoms with E-state index in [4.69, 9.17) is 28.2 Å². The second kappa shape index (κ2) is 7.62. The van der Waals surface area contributed by atoms with E-state index in [0.717, 1.165) is 46.0 Å². The number of rotatable bonds is 4. The predicted molar refractivity (Wildman–Crippen MR) is 110 cm³/mol. The predicted octanol–water partition coefficient (Wildman–Crippen LogP) is 6.77. The molecule has 0 saturated carbocycles. The first-order valence-corrected chi connectivity index (χ1v) is 10.9. The van der Waals surface area contributed by atoms with Gasteiger partial charge < -0.3 is 0 Å². The van der Waals surface area contributed by atoms with Gasteiger partial charge in [0.05, 0.1) is 15.6 Å². The SMILES string of the molecule is N#Cc1c(SCc2ccc(Cl)c(Cl)c2)nc2c(c1-c1cccs1)CCC2. The molecule has 0 atom stereocenters. The molecule has 0 amide bonds. The number of hydrogen-bond donors (Lipinski definition) is 0. The van der Waals surface area contributed by atoms with E-state index in [1.54, 1.807) is 29.2 Å². The molecule has 4 rings (SSSR count). The third kappa shape index (κ3) is 3.37. The molecule has 1 aliphatic rings. The molecule has 3 aromatic rings. The monoisotopic (exact) mass is 416 g/mol. The quantitative estimate of drug-likeness (QED) is 0.440. The molecule has 0 unspecified atom stereocenters. The highest BCUT2D eigenvalue weighted by atomic mass is 35.5. The Morgan fingerprint density at radius 3 is 2.81 bits per heavy atom. The average Bonchev–Trinajstić information content (AvgIpc) is 3.32. The van der Waals surface area contributed by atoms with Crippen molar-refractivity contribution in [2.45, 2.75) is 30.0 Å². The van der Waals surface area contributed by atoms with Gasteiger partial charge in [0.2, 0.25) is 0 Å². The van der Waals surface area contributed by atoms with Crippen LogP contribution in [0.5, 0.6) is 0 Å². The van der Waals surface area contributed by atoms with Gasteiger partial charge in [0.1, 0.15) is 11.1 Å². The van der Waals surface area contributed by atoms with E-state index in [9.17, 15) is 5.26 Å². The molecule has 0 radical (unpaired) electrons. The summed E-state index contributed by atoms with van der Waals surface area (Å²) in [7, 11) is 0. The van der Waals surface area contributed by atoms with Crippen molar-refractivity contribution in [2.24, 2.45) is 0 Å². The van der Waals surface area contributed by atoms with Gasteiger partial charge in [0, 0.05) is 21.9 Å². The molecule has 26 heavy (non-hydrogen) atoms. The topological polar surface area (TPSA) is 36.7 Å². The largest absolute Gasteiger partial charge is 0.245 e. The van der Waals surface area contributed by atoms with Crippen LogP contribution in [0.3, 0.4) is 0 Å². The van der Waals surface area contributed by atoms with E-state index in [-0.39, 0.29) is 0 Å². The number of pyridine rings is 1. The summed E-state index contributed by atoms with van der Waals surface area (Å²) in [5.41, 5.74) is 5.24. The number of aromatic nitrogens is 1. The van der Waals surface area contributed by atoms with Gasteiger partial charge in [-0.3, -0.25) is 0 Å². The number of thioether (sulfide) groups is 1. The minimum atomic E-state index is 0.548. The lowest BCUT2D eigenvalue weighted by atomic mass is 10.0. The van der Waals surface area contributed by atoms with Gasteiger partial charge in [-0.2, -0.15) is 5.26 Å². The third-order valence-electron chi connectivity index (χ3n) is 4.43. The Kier molecular flexibility index (Phi) is 5.24. The molecule has 1 aliphatic carbocycles. The summed E-state index contributed by atoms with van der Waals surface area (Å²) in [5.74, 6) is 0.696. The first kappa shape index (κ1) is 17.9. The summed E-state index contributed by atoms with van der Waals surface area (Å²) in [6.45, 7) is 0. The highest BCUT2D eigenvalue weighted by molar-refractivity contribution is 7.98. The number of hydrogen-bond acceptors (Lipinski definition) is 4. The van der Waals surface area contributed by atoms with Crippen molar-refractivity contribution in [2.75, 3.05) is 0 Å². The number of nitriles is 1. The Morgan fingerprint density at radius 2 is 2.08 bits per heavy atom. The molecular weight excluding hydrogens is 403 g/mol. The Morgan fingerprint density at radius 1 is 1.19 bits per heavy atom. The maximum atomic E-state index is 9.87. The summed E-state index contributed by atoms with van der Waals surface area (Å²) in [6, 6.07) is 12.2. The van der Waals surface area contributed by atoms with E-state index >= 15 is 0 Å². The number of benzene rings is 1. The van der Waals surface area contributed by atoms with Crippen LogP contribution in [0.4, 0.5) is 0 Å². The summed E-state index contributed by atoms with van der Waals surface area (Å²) in [6.07, 6.45) is 3.09. The Hall–Kier alpha value is -1.51. The lowest BCUT2D eigenvalue weighted by Gasteiger charge is -2.13. The minimum absolute atomic E-state index is 0.548. The molecule has 6 heteroatoms. The van der Waals surface area contributed by atoms with Crippen LogP contribution in [-0.2, 0) is 18.6 Å². The number of halogens is 2. The first-order chi connectivity index (χ1) is 12.7. The highest BCUT2D eigenvalue weighted by Gasteiger charge is 2.24. The van der Waals surface area contributed by atoms with E-state index in [0.29, 0.717) is 21.4 Å². The molecule has 0 aliphatic heterocycles. The zero-order chi connectivity index (χ0) is 18.1. The van der Waals surface area contributed by atoms with Gasteiger partial charge in [-0.1, -0.05) is 35.3 Å². The van der Waals surface area contributed by atoms with Gasteiger partial charge in [0.15, 0.2) is 0 Å². The summed E-state index contributed by atoms with van der Waals surface area (Å²) >= 11 is 15.4. The Balaban J connectivity index is 1.73. The normalized spacial score (nSPS) is 12.8. The van der Waals surface area contributed by atoms with Gasteiger partial charge >= 0.3 is 0 Å². The maximum absolute atomic E-state index is 9.87. The molecule has 0 saturated heterocycles. The Bertz CT molecular complexity index is 1010. The fourth-order valence-electron chi connectivity index (χ4n) is 3.24. The molecule has 0 fully saturated rings. The number of fused-ring (bicyclic) bond motifs is 1. The molecule has 0 bridgehead atoms. The van der Waals surface area contributed by atoms with Gasteiger partial charge in [-0.05, 0) is 54.0 Å². The van der Waals surface area contributed by atoms with Crippen molar-refractivity contribution in [1.29, 1.82) is 5.26 Å². The summed E-state index contributed by atoms with van der Waals surface area (Å²) < 4.78 is 0. The van der Waals surface area contributed by atoms with Crippen LogP contribution in [0.15, 0.2) is 40.7 Å². The van der Waals surface area contributed by atoms with Crippen molar-refractivity contribution >= 4 is 46.3 Å². The van der Waals surface area contributed by atoms with Crippen LogP contribution in [-0.4, -0.2) is 4.98 Å². The van der Waals surface area contributed by atoms with Crippen LogP contribution in [0.1, 0.15) is 28.8 Å². The van der Waals surface area contributed by atoms with Gasteiger partial charge in [-0.15, -0.1) is 23.1 Å². The molecule has 0 spiro atoms. The first-order valence-electron chi connectivity index (χ1n) is 8.24. The van der Waals surface area contributed by atoms with E-state index in [1.165, 1.54) is 5.56 Å². The zero-order valence-electron chi connectivity index (χ0n) is 13.8. The fraction of sp³-hybridized carbons (Fsp3) is 0.200. The third-order valence-corrected chi connectivity index (χ3v) is 7.10. The van der Waals surface area contributed by atoms with Crippen LogP contribution in [0, 0.1) is 11.3 Å². The van der Waals surface area contributed by atoms with Crippen molar-refractivity contribution < 1.29 is 0 Å². The smallest absolute Gasteiger partial charge is 0.115 e. The van der Waals surface area contributed by atoms with E-state index in [2.05, 4.69) is 17.5 Å². The molecule has 2 heterocycles. The lowest BCUT2D eigenvalue weighted by Crippen LogP contribution is -2.00. The highest BCUT2D eigenvalue weighted by Crippen LogP contribution is 2.40. The second-order valence-electron chi connectivity index (χ2n) is 6.07. The molecule has 1 aromatic carbocycles. The number of nitrogens with zero attached hydrogens (tertiary/aromatic N) is 2. The maximum Gasteiger partial charge on any atom is 0.115 e. The second-order valence-corrected chi connectivity index (χ2v) is 8.80. The summed E-state index contributed by atoms with van der Waals surface area (Å²) in [5, 5.41) is 13.8. The van der Waals surface area contributed by atoms with Crippen LogP contribution in [0.25, 0.3) is 10.4 Å². The van der Waals surface area contributed by atoms with Crippen molar-refractivity contribution in [3.63, 3.8) is 0 Å². The number of aryl methyl sites for hydroxylation is 1. The van der Waals surface area contributed by atoms with Gasteiger partial charge in [0.25, 0.3) is 0 Å². The minimum Gasteiger partial charge on any atom is -0.245 e. The molecular formula is C20H14Cl2N2S2. The molecule has 2 aromatic heterocycles. The van der Waals surface area contributed by atoms with Crippen LogP contribution in [0.2, 0.25) is 10.0 Å². The standard InChI is InChI=1S/C20H14Cl2N2S2/c21-15-7-6-12(9-16(15)22)11-26-20-14(10-23)19(18-5-2-8-25-18)13-3-1-4-17(13)24-20/h2,5-9H,1,3-4,11H2. The van der Waals surface area contributed by atoms with Crippen LogP contribution >= 0.6 is 46.3 Å². The average molecular weight is 417 g/mol. The summed E-state index contributed by atoms with van der Waals surface area (Å²) in [4.78, 5) is 5.99. The van der Waals surface area contributed by atoms with Crippen molar-refractivity contribution in [1.82, 2.24) is 4.98 Å². The zero-order valence-corrected chi connectivity index (χ0v) is 16.9. The fourth-order valence-corrected chi connectivity index (χ4v) is 5.31. The molecule has 130 valence electrons. The Labute approximate surface area is 170 Å².